The number of para-hydroxylation sites is 2. The van der Waals surface area contributed by atoms with Crippen molar-refractivity contribution in [1.82, 2.24) is 0 Å². The Kier molecular flexibility index (Phi) is 6.83. The van der Waals surface area contributed by atoms with Crippen LogP contribution in [0.2, 0.25) is 0 Å². The van der Waals surface area contributed by atoms with Crippen LogP contribution in [0.1, 0.15) is 80.0 Å². The number of carbonyl (C=O) groups excluding carboxylic acids is 1. The lowest BCUT2D eigenvalue weighted by Gasteiger charge is -2.21. The lowest BCUT2D eigenvalue weighted by Crippen LogP contribution is -2.15. The lowest BCUT2D eigenvalue weighted by atomic mass is 9.97. The quantitative estimate of drug-likeness (QED) is 0.424. The van der Waals surface area contributed by atoms with Crippen LogP contribution < -0.4 is 5.32 Å². The molecular formula is C26H31NO2S. The minimum absolute atomic E-state index is 0.152. The fourth-order valence-electron chi connectivity index (χ4n) is 4.30. The summed E-state index contributed by atoms with van der Waals surface area (Å²) in [4.78, 5) is 13.3. The summed E-state index contributed by atoms with van der Waals surface area (Å²) in [5, 5.41) is 4.89. The average Bonchev–Trinajstić information content (AvgIpc) is 3.17. The molecule has 1 atom stereocenters. The van der Waals surface area contributed by atoms with E-state index in [1.807, 2.05) is 48.2 Å². The minimum atomic E-state index is -0.152. The van der Waals surface area contributed by atoms with E-state index in [0.29, 0.717) is 16.9 Å². The molecule has 4 rings (SSSR count). The van der Waals surface area contributed by atoms with Crippen molar-refractivity contribution >= 4 is 34.3 Å². The maximum atomic E-state index is 13.3. The van der Waals surface area contributed by atoms with Crippen LogP contribution in [0.3, 0.4) is 0 Å². The first-order valence-corrected chi connectivity index (χ1v) is 12.2. The van der Waals surface area contributed by atoms with Crippen LogP contribution in [0.4, 0.5) is 5.69 Å². The number of amides is 1. The topological polar surface area (TPSA) is 42.2 Å². The number of rotatable bonds is 7. The van der Waals surface area contributed by atoms with Crippen molar-refractivity contribution in [2.24, 2.45) is 0 Å². The van der Waals surface area contributed by atoms with Gasteiger partial charge in [-0.1, -0.05) is 69.5 Å². The van der Waals surface area contributed by atoms with E-state index in [9.17, 15) is 4.79 Å². The molecule has 1 amide bonds. The van der Waals surface area contributed by atoms with Crippen LogP contribution in [-0.4, -0.2) is 11.2 Å². The Labute approximate surface area is 183 Å². The first-order valence-electron chi connectivity index (χ1n) is 11.2. The molecule has 1 N–H and O–H groups in total. The van der Waals surface area contributed by atoms with Gasteiger partial charge in [0.05, 0.1) is 0 Å². The number of thioether (sulfide) groups is 1. The Morgan fingerprint density at radius 1 is 1.10 bits per heavy atom. The second-order valence-corrected chi connectivity index (χ2v) is 9.62. The van der Waals surface area contributed by atoms with Crippen LogP contribution in [0.25, 0.3) is 11.0 Å². The average molecular weight is 422 g/mol. The van der Waals surface area contributed by atoms with Crippen molar-refractivity contribution in [3.63, 3.8) is 0 Å². The standard InChI is InChI=1S/C26H31NO2S/c1-3-18(2)20-13-7-9-15-23(20)27-26(28)25-22(17-30-19-11-5-4-6-12-19)21-14-8-10-16-24(21)29-25/h7-10,13-16,18-19H,3-6,11-12,17H2,1-2H3,(H,27,28)/t18-/m1/s1. The lowest BCUT2D eigenvalue weighted by molar-refractivity contribution is 0.0997. The van der Waals surface area contributed by atoms with Gasteiger partial charge in [0.1, 0.15) is 5.58 Å². The predicted octanol–water partition coefficient (Wildman–Crippen LogP) is 7.76. The van der Waals surface area contributed by atoms with Gasteiger partial charge in [-0.15, -0.1) is 0 Å². The molecule has 3 nitrogen and oxygen atoms in total. The van der Waals surface area contributed by atoms with Crippen LogP contribution in [0.15, 0.2) is 52.9 Å². The maximum Gasteiger partial charge on any atom is 0.291 e. The molecule has 0 saturated heterocycles. The SMILES string of the molecule is CC[C@@H](C)c1ccccc1NC(=O)c1oc2ccccc2c1CSC1CCCCC1. The van der Waals surface area contributed by atoms with Crippen LogP contribution in [0.5, 0.6) is 0 Å². The molecule has 1 fully saturated rings. The minimum Gasteiger partial charge on any atom is -0.451 e. The van der Waals surface area contributed by atoms with Crippen molar-refractivity contribution in [2.45, 2.75) is 69.3 Å². The molecule has 1 aromatic heterocycles. The van der Waals surface area contributed by atoms with Gasteiger partial charge in [0.25, 0.3) is 5.91 Å². The summed E-state index contributed by atoms with van der Waals surface area (Å²) in [6.45, 7) is 4.36. The number of hydrogen-bond donors (Lipinski definition) is 1. The van der Waals surface area contributed by atoms with Gasteiger partial charge < -0.3 is 9.73 Å². The predicted molar refractivity (Wildman–Crippen MR) is 127 cm³/mol. The molecule has 0 spiro atoms. The maximum absolute atomic E-state index is 13.3. The molecule has 0 unspecified atom stereocenters. The van der Waals surface area contributed by atoms with E-state index < -0.39 is 0 Å². The number of fused-ring (bicyclic) bond motifs is 1. The van der Waals surface area contributed by atoms with Gasteiger partial charge in [-0.2, -0.15) is 11.8 Å². The zero-order valence-electron chi connectivity index (χ0n) is 17.9. The number of benzene rings is 2. The molecule has 4 heteroatoms. The second-order valence-electron chi connectivity index (χ2n) is 8.33. The summed E-state index contributed by atoms with van der Waals surface area (Å²) >= 11 is 1.98. The van der Waals surface area contributed by atoms with Gasteiger partial charge in [0, 0.05) is 27.6 Å². The molecule has 3 aromatic rings. The molecule has 1 saturated carbocycles. The molecule has 0 radical (unpaired) electrons. The Morgan fingerprint density at radius 2 is 1.83 bits per heavy atom. The fourth-order valence-corrected chi connectivity index (χ4v) is 5.65. The van der Waals surface area contributed by atoms with E-state index in [-0.39, 0.29) is 5.91 Å². The van der Waals surface area contributed by atoms with Crippen LogP contribution in [-0.2, 0) is 5.75 Å². The highest BCUT2D eigenvalue weighted by Crippen LogP contribution is 2.35. The summed E-state index contributed by atoms with van der Waals surface area (Å²) in [6, 6.07) is 16.1. The summed E-state index contributed by atoms with van der Waals surface area (Å²) in [7, 11) is 0. The Morgan fingerprint density at radius 3 is 2.63 bits per heavy atom. The van der Waals surface area contributed by atoms with E-state index in [2.05, 4.69) is 31.3 Å². The molecule has 158 valence electrons. The third kappa shape index (κ3) is 4.59. The van der Waals surface area contributed by atoms with Crippen LogP contribution >= 0.6 is 11.8 Å². The molecule has 1 aliphatic rings. The smallest absolute Gasteiger partial charge is 0.291 e. The van der Waals surface area contributed by atoms with Crippen molar-refractivity contribution < 1.29 is 9.21 Å². The number of carbonyl (C=O) groups is 1. The largest absolute Gasteiger partial charge is 0.451 e. The highest BCUT2D eigenvalue weighted by molar-refractivity contribution is 7.99. The number of nitrogens with one attached hydrogen (secondary N) is 1. The molecule has 1 aliphatic carbocycles. The third-order valence-electron chi connectivity index (χ3n) is 6.27. The van der Waals surface area contributed by atoms with Crippen molar-refractivity contribution in [3.05, 3.63) is 65.4 Å². The van der Waals surface area contributed by atoms with Gasteiger partial charge in [0.15, 0.2) is 5.76 Å². The Hall–Kier alpha value is -2.20. The summed E-state index contributed by atoms with van der Waals surface area (Å²) in [6.07, 6.45) is 7.59. The van der Waals surface area contributed by atoms with Gasteiger partial charge >= 0.3 is 0 Å². The van der Waals surface area contributed by atoms with Crippen molar-refractivity contribution in [2.75, 3.05) is 5.32 Å². The van der Waals surface area contributed by atoms with Crippen molar-refractivity contribution in [1.29, 1.82) is 0 Å². The zero-order valence-corrected chi connectivity index (χ0v) is 18.8. The zero-order chi connectivity index (χ0) is 20.9. The summed E-state index contributed by atoms with van der Waals surface area (Å²) < 4.78 is 6.07. The van der Waals surface area contributed by atoms with Gasteiger partial charge in [-0.25, -0.2) is 0 Å². The number of hydrogen-bond acceptors (Lipinski definition) is 3. The first-order chi connectivity index (χ1) is 14.7. The van der Waals surface area contributed by atoms with E-state index in [4.69, 9.17) is 4.42 Å². The normalized spacial score (nSPS) is 15.9. The van der Waals surface area contributed by atoms with E-state index in [0.717, 1.165) is 34.4 Å². The highest BCUT2D eigenvalue weighted by Gasteiger charge is 2.23. The van der Waals surface area contributed by atoms with Crippen LogP contribution in [0, 0.1) is 0 Å². The van der Waals surface area contributed by atoms with Gasteiger partial charge in [-0.3, -0.25) is 4.79 Å². The van der Waals surface area contributed by atoms with E-state index in [1.54, 1.807) is 0 Å². The first kappa shape index (κ1) is 21.0. The Balaban J connectivity index is 1.61. The molecule has 0 aliphatic heterocycles. The van der Waals surface area contributed by atoms with E-state index >= 15 is 0 Å². The molecule has 0 bridgehead atoms. The van der Waals surface area contributed by atoms with Gasteiger partial charge in [0.2, 0.25) is 0 Å². The second kappa shape index (κ2) is 9.74. The summed E-state index contributed by atoms with van der Waals surface area (Å²) in [5.41, 5.74) is 3.86. The molecule has 30 heavy (non-hydrogen) atoms. The van der Waals surface area contributed by atoms with E-state index in [1.165, 1.54) is 37.7 Å². The third-order valence-corrected chi connectivity index (χ3v) is 7.67. The van der Waals surface area contributed by atoms with Crippen molar-refractivity contribution in [3.8, 4) is 0 Å². The van der Waals surface area contributed by atoms with Gasteiger partial charge in [-0.05, 0) is 42.9 Å². The Bertz CT molecular complexity index is 1000. The molecule has 2 aromatic carbocycles. The fraction of sp³-hybridized carbons (Fsp3) is 0.423. The number of furan rings is 1. The number of anilines is 1. The molecule has 1 heterocycles. The molecular weight excluding hydrogens is 390 g/mol. The highest BCUT2D eigenvalue weighted by atomic mass is 32.2. The summed E-state index contributed by atoms with van der Waals surface area (Å²) in [5.74, 6) is 1.51. The monoisotopic (exact) mass is 421 g/mol.